The van der Waals surface area contributed by atoms with Crippen LogP contribution in [0.3, 0.4) is 0 Å². The number of nitrogens with one attached hydrogen (secondary N) is 1. The SMILES string of the molecule is COc1cc(C(NN)C2CCOC2)ccc1C. The highest BCUT2D eigenvalue weighted by molar-refractivity contribution is 5.38. The number of ether oxygens (including phenoxy) is 2. The monoisotopic (exact) mass is 236 g/mol. The lowest BCUT2D eigenvalue weighted by Crippen LogP contribution is -2.33. The largest absolute Gasteiger partial charge is 0.496 e. The van der Waals surface area contributed by atoms with E-state index in [1.165, 1.54) is 0 Å². The number of hydrazine groups is 1. The van der Waals surface area contributed by atoms with Crippen LogP contribution < -0.4 is 16.0 Å². The van der Waals surface area contributed by atoms with E-state index in [4.69, 9.17) is 15.3 Å². The second-order valence-electron chi connectivity index (χ2n) is 4.50. The highest BCUT2D eigenvalue weighted by atomic mass is 16.5. The Balaban J connectivity index is 2.23. The maximum absolute atomic E-state index is 5.67. The van der Waals surface area contributed by atoms with Crippen molar-refractivity contribution in [2.24, 2.45) is 11.8 Å². The van der Waals surface area contributed by atoms with Gasteiger partial charge in [-0.1, -0.05) is 12.1 Å². The molecule has 0 aromatic heterocycles. The molecule has 2 atom stereocenters. The molecule has 4 nitrogen and oxygen atoms in total. The normalized spacial score (nSPS) is 21.5. The van der Waals surface area contributed by atoms with Crippen LogP contribution in [-0.2, 0) is 4.74 Å². The van der Waals surface area contributed by atoms with Gasteiger partial charge in [-0.15, -0.1) is 0 Å². The van der Waals surface area contributed by atoms with E-state index in [0.717, 1.165) is 36.5 Å². The van der Waals surface area contributed by atoms with Gasteiger partial charge in [-0.2, -0.15) is 0 Å². The molecular formula is C13H20N2O2. The molecule has 0 radical (unpaired) electrons. The molecular weight excluding hydrogens is 216 g/mol. The first-order valence-electron chi connectivity index (χ1n) is 5.94. The van der Waals surface area contributed by atoms with Gasteiger partial charge in [0.1, 0.15) is 5.75 Å². The quantitative estimate of drug-likeness (QED) is 0.615. The highest BCUT2D eigenvalue weighted by Gasteiger charge is 2.26. The molecule has 17 heavy (non-hydrogen) atoms. The molecule has 1 aromatic rings. The van der Waals surface area contributed by atoms with Gasteiger partial charge in [0, 0.05) is 12.5 Å². The molecule has 1 heterocycles. The molecule has 0 saturated carbocycles. The third-order valence-electron chi connectivity index (χ3n) is 3.41. The topological polar surface area (TPSA) is 56.5 Å². The molecule has 3 N–H and O–H groups in total. The maximum Gasteiger partial charge on any atom is 0.122 e. The van der Waals surface area contributed by atoms with Crippen molar-refractivity contribution < 1.29 is 9.47 Å². The Hall–Kier alpha value is -1.10. The predicted octanol–water partition coefficient (Wildman–Crippen LogP) is 1.54. The molecule has 0 spiro atoms. The summed E-state index contributed by atoms with van der Waals surface area (Å²) in [6.45, 7) is 3.63. The Morgan fingerprint density at radius 2 is 2.35 bits per heavy atom. The van der Waals surface area contributed by atoms with Crippen LogP contribution in [0.5, 0.6) is 5.75 Å². The second kappa shape index (κ2) is 5.49. The van der Waals surface area contributed by atoms with Crippen molar-refractivity contribution in [2.45, 2.75) is 19.4 Å². The lowest BCUT2D eigenvalue weighted by molar-refractivity contribution is 0.176. The Labute approximate surface area is 102 Å². The fraction of sp³-hybridized carbons (Fsp3) is 0.538. The molecule has 94 valence electrons. The fourth-order valence-electron chi connectivity index (χ4n) is 2.35. The predicted molar refractivity (Wildman–Crippen MR) is 66.7 cm³/mol. The Morgan fingerprint density at radius 1 is 1.53 bits per heavy atom. The van der Waals surface area contributed by atoms with Crippen LogP contribution in [0.15, 0.2) is 18.2 Å². The van der Waals surface area contributed by atoms with E-state index in [1.54, 1.807) is 7.11 Å². The van der Waals surface area contributed by atoms with E-state index in [-0.39, 0.29) is 6.04 Å². The minimum atomic E-state index is 0.131. The summed E-state index contributed by atoms with van der Waals surface area (Å²) in [5.41, 5.74) is 5.19. The highest BCUT2D eigenvalue weighted by Crippen LogP contribution is 2.31. The van der Waals surface area contributed by atoms with Crippen LogP contribution in [0.2, 0.25) is 0 Å². The van der Waals surface area contributed by atoms with Crippen LogP contribution in [-0.4, -0.2) is 20.3 Å². The Morgan fingerprint density at radius 3 is 2.94 bits per heavy atom. The molecule has 1 aliphatic rings. The van der Waals surface area contributed by atoms with Gasteiger partial charge in [0.25, 0.3) is 0 Å². The second-order valence-corrected chi connectivity index (χ2v) is 4.50. The third-order valence-corrected chi connectivity index (χ3v) is 3.41. The van der Waals surface area contributed by atoms with Crippen molar-refractivity contribution >= 4 is 0 Å². The first-order chi connectivity index (χ1) is 8.26. The zero-order valence-electron chi connectivity index (χ0n) is 10.4. The molecule has 0 amide bonds. The van der Waals surface area contributed by atoms with Gasteiger partial charge in [-0.3, -0.25) is 11.3 Å². The number of methoxy groups -OCH3 is 1. The lowest BCUT2D eigenvalue weighted by Gasteiger charge is -2.22. The number of benzene rings is 1. The van der Waals surface area contributed by atoms with Gasteiger partial charge in [-0.25, -0.2) is 0 Å². The Bertz CT molecular complexity index is 376. The third kappa shape index (κ3) is 2.60. The van der Waals surface area contributed by atoms with Crippen LogP contribution in [0, 0.1) is 12.8 Å². The summed E-state index contributed by atoms with van der Waals surface area (Å²) < 4.78 is 10.8. The van der Waals surface area contributed by atoms with Gasteiger partial charge in [0.05, 0.1) is 19.8 Å². The van der Waals surface area contributed by atoms with Gasteiger partial charge in [0.2, 0.25) is 0 Å². The number of rotatable bonds is 4. The number of hydrogen-bond acceptors (Lipinski definition) is 4. The van der Waals surface area contributed by atoms with E-state index in [0.29, 0.717) is 5.92 Å². The zero-order chi connectivity index (χ0) is 12.3. The average Bonchev–Trinajstić information content (AvgIpc) is 2.86. The van der Waals surface area contributed by atoms with Gasteiger partial charge < -0.3 is 9.47 Å². The lowest BCUT2D eigenvalue weighted by atomic mass is 9.92. The molecule has 2 rings (SSSR count). The van der Waals surface area contributed by atoms with Gasteiger partial charge in [0.15, 0.2) is 0 Å². The summed E-state index contributed by atoms with van der Waals surface area (Å²) in [5.74, 6) is 7.01. The average molecular weight is 236 g/mol. The molecule has 2 unspecified atom stereocenters. The van der Waals surface area contributed by atoms with Crippen molar-refractivity contribution in [3.05, 3.63) is 29.3 Å². The van der Waals surface area contributed by atoms with Crippen molar-refractivity contribution in [3.8, 4) is 5.75 Å². The smallest absolute Gasteiger partial charge is 0.122 e. The molecule has 1 aliphatic heterocycles. The fourth-order valence-corrected chi connectivity index (χ4v) is 2.35. The summed E-state index contributed by atoms with van der Waals surface area (Å²) in [6, 6.07) is 6.35. The standard InChI is InChI=1S/C13H20N2O2/c1-9-3-4-10(7-12(9)16-2)13(15-14)11-5-6-17-8-11/h3-4,7,11,13,15H,5-6,8,14H2,1-2H3. The number of nitrogens with two attached hydrogens (primary N) is 1. The minimum absolute atomic E-state index is 0.131. The molecule has 0 bridgehead atoms. The van der Waals surface area contributed by atoms with E-state index < -0.39 is 0 Å². The minimum Gasteiger partial charge on any atom is -0.496 e. The Kier molecular flexibility index (Phi) is 3.99. The van der Waals surface area contributed by atoms with Gasteiger partial charge in [-0.05, 0) is 30.5 Å². The van der Waals surface area contributed by atoms with Crippen molar-refractivity contribution in [2.75, 3.05) is 20.3 Å². The summed E-state index contributed by atoms with van der Waals surface area (Å²) >= 11 is 0. The molecule has 1 aromatic carbocycles. The first kappa shape index (κ1) is 12.4. The van der Waals surface area contributed by atoms with Crippen LogP contribution in [0.1, 0.15) is 23.6 Å². The summed E-state index contributed by atoms with van der Waals surface area (Å²) in [7, 11) is 1.69. The number of aryl methyl sites for hydroxylation is 1. The van der Waals surface area contributed by atoms with Crippen LogP contribution in [0.4, 0.5) is 0 Å². The first-order valence-corrected chi connectivity index (χ1v) is 5.94. The number of hydrogen-bond donors (Lipinski definition) is 2. The molecule has 4 heteroatoms. The van der Waals surface area contributed by atoms with E-state index in [1.807, 2.05) is 6.92 Å². The molecule has 0 aliphatic carbocycles. The van der Waals surface area contributed by atoms with Crippen molar-refractivity contribution in [1.82, 2.24) is 5.43 Å². The van der Waals surface area contributed by atoms with Crippen molar-refractivity contribution in [3.63, 3.8) is 0 Å². The summed E-state index contributed by atoms with van der Waals surface area (Å²) in [4.78, 5) is 0. The molecule has 1 saturated heterocycles. The van der Waals surface area contributed by atoms with Crippen LogP contribution >= 0.6 is 0 Å². The summed E-state index contributed by atoms with van der Waals surface area (Å²) in [6.07, 6.45) is 1.05. The zero-order valence-corrected chi connectivity index (χ0v) is 10.4. The van der Waals surface area contributed by atoms with Crippen molar-refractivity contribution in [1.29, 1.82) is 0 Å². The van der Waals surface area contributed by atoms with Gasteiger partial charge >= 0.3 is 0 Å². The van der Waals surface area contributed by atoms with E-state index in [2.05, 4.69) is 23.6 Å². The van der Waals surface area contributed by atoms with E-state index >= 15 is 0 Å². The summed E-state index contributed by atoms with van der Waals surface area (Å²) in [5, 5.41) is 0. The van der Waals surface area contributed by atoms with Crippen LogP contribution in [0.25, 0.3) is 0 Å². The van der Waals surface area contributed by atoms with E-state index in [9.17, 15) is 0 Å². The molecule has 1 fully saturated rings. The maximum atomic E-state index is 5.67.